The number of ether oxygens (including phenoxy) is 2. The van der Waals surface area contributed by atoms with Crippen molar-refractivity contribution in [1.29, 1.82) is 0 Å². The number of fused-ring (bicyclic) bond motifs is 20. The van der Waals surface area contributed by atoms with Crippen LogP contribution in [0.1, 0.15) is 130 Å². The first-order valence-electron chi connectivity index (χ1n) is 21.9. The Morgan fingerprint density at radius 3 is 0.815 bits per heavy atom. The summed E-state index contributed by atoms with van der Waals surface area (Å²) in [7, 11) is 1.00. The van der Waals surface area contributed by atoms with Gasteiger partial charge in [-0.05, 0) is 175 Å². The van der Waals surface area contributed by atoms with Gasteiger partial charge in [0.05, 0.1) is 48.1 Å². The van der Waals surface area contributed by atoms with Gasteiger partial charge in [0.15, 0.2) is 11.6 Å². The van der Waals surface area contributed by atoms with Crippen molar-refractivity contribution in [2.75, 3.05) is 7.11 Å². The molecule has 0 amide bonds. The van der Waals surface area contributed by atoms with Crippen LogP contribution in [0, 0.1) is 79.1 Å². The maximum atomic E-state index is 13.9. The Labute approximate surface area is 400 Å². The van der Waals surface area contributed by atoms with E-state index in [2.05, 4.69) is 76.2 Å². The molecule has 12 rings (SSSR count). The van der Waals surface area contributed by atoms with E-state index < -0.39 is 5.97 Å². The average molecular weight is 879 g/mol. The summed E-state index contributed by atoms with van der Waals surface area (Å²) in [4.78, 5) is 63.5. The van der Waals surface area contributed by atoms with Crippen molar-refractivity contribution in [3.63, 3.8) is 0 Å². The molecule has 2 saturated heterocycles. The van der Waals surface area contributed by atoms with E-state index >= 15 is 0 Å². The molecule has 4 aliphatic heterocycles. The van der Waals surface area contributed by atoms with Gasteiger partial charge in [-0.25, -0.2) is 0 Å². The number of carbonyl (C=O) groups excluding carboxylic acids is 5. The number of hydrogen-bond donors (Lipinski definition) is 1. The van der Waals surface area contributed by atoms with Crippen LogP contribution in [0.3, 0.4) is 0 Å². The zero-order chi connectivity index (χ0) is 46.0. The van der Waals surface area contributed by atoms with E-state index in [0.717, 1.165) is 102 Å². The average Bonchev–Trinajstić information content (AvgIpc) is 4.07. The molecule has 0 radical (unpaired) electrons. The number of hydrogen-bond acceptors (Lipinski definition) is 9. The quantitative estimate of drug-likeness (QED) is 0.185. The minimum atomic E-state index is -1.08. The Morgan fingerprint density at radius 2 is 0.615 bits per heavy atom. The molecule has 0 spiro atoms. The molecule has 9 nitrogen and oxygen atoms in total. The molecular weight excluding hydrogens is 828 g/mol. The molecule has 4 heterocycles. The van der Waals surface area contributed by atoms with Crippen LogP contribution in [0.25, 0.3) is 21.5 Å². The van der Waals surface area contributed by atoms with Gasteiger partial charge < -0.3 is 24.5 Å². The molecule has 65 heavy (non-hydrogen) atoms. The molecule has 10 heteroatoms. The Kier molecular flexibility index (Phi) is 12.1. The number of aliphatic hydroxyl groups is 1. The van der Waals surface area contributed by atoms with E-state index in [4.69, 9.17) is 24.5 Å². The second-order valence-corrected chi connectivity index (χ2v) is 18.4. The fourth-order valence-corrected chi connectivity index (χ4v) is 11.8. The fourth-order valence-electron chi connectivity index (χ4n) is 11.8. The summed E-state index contributed by atoms with van der Waals surface area (Å²) in [5.41, 5.74) is 15.7. The summed E-state index contributed by atoms with van der Waals surface area (Å²) in [5, 5.41) is 20.0. The van der Waals surface area contributed by atoms with Crippen molar-refractivity contribution in [3.8, 4) is 0 Å². The monoisotopic (exact) mass is 878 g/mol. The molecule has 4 bridgehead atoms. The summed E-state index contributed by atoms with van der Waals surface area (Å²) in [5.74, 6) is -2.31. The largest absolute Gasteiger partial charge is 1.00 e. The predicted molar refractivity (Wildman–Crippen MR) is 241 cm³/mol. The Bertz CT molecular complexity index is 2700. The molecule has 8 atom stereocenters. The van der Waals surface area contributed by atoms with E-state index in [9.17, 15) is 19.2 Å². The van der Waals surface area contributed by atoms with Crippen LogP contribution >= 0.6 is 0 Å². The Balaban J connectivity index is 0.000000157. The van der Waals surface area contributed by atoms with Crippen LogP contribution in [-0.4, -0.2) is 41.3 Å². The predicted octanol–water partition coefficient (Wildman–Crippen LogP) is 5.86. The van der Waals surface area contributed by atoms with Gasteiger partial charge in [-0.2, -0.15) is 0 Å². The van der Waals surface area contributed by atoms with E-state index in [0.29, 0.717) is 22.3 Å². The van der Waals surface area contributed by atoms with E-state index in [1.54, 1.807) is 0 Å². The van der Waals surface area contributed by atoms with E-state index in [1.807, 2.05) is 52.0 Å². The summed E-state index contributed by atoms with van der Waals surface area (Å²) < 4.78 is 12.8. The zero-order valence-electron chi connectivity index (χ0n) is 38.8. The van der Waals surface area contributed by atoms with Crippen LogP contribution in [0.15, 0.2) is 72.8 Å². The fraction of sp³-hybridized carbons (Fsp3) is 0.327. The molecule has 0 aromatic heterocycles. The van der Waals surface area contributed by atoms with Crippen molar-refractivity contribution < 1.29 is 73.2 Å². The second-order valence-electron chi connectivity index (χ2n) is 18.4. The number of carboxylic acids is 1. The first kappa shape index (κ1) is 46.4. The third kappa shape index (κ3) is 6.84. The first-order chi connectivity index (χ1) is 30.5. The molecule has 6 aromatic carbocycles. The number of Topliss-reactive ketones (excluding diaryl/α,β-unsaturated/α-hetero) is 2. The summed E-state index contributed by atoms with van der Waals surface area (Å²) in [6.07, 6.45) is -1.15. The van der Waals surface area contributed by atoms with Crippen molar-refractivity contribution in [3.05, 3.63) is 162 Å². The normalized spacial score (nSPS) is 24.2. The van der Waals surface area contributed by atoms with Crippen LogP contribution < -0.4 is 34.7 Å². The van der Waals surface area contributed by atoms with Gasteiger partial charge in [0.25, 0.3) is 0 Å². The molecule has 1 saturated carbocycles. The molecule has 326 valence electrons. The zero-order valence-corrected chi connectivity index (χ0v) is 40.8. The third-order valence-electron chi connectivity index (χ3n) is 14.7. The van der Waals surface area contributed by atoms with Crippen LogP contribution in [0.2, 0.25) is 0 Å². The van der Waals surface area contributed by atoms with Crippen molar-refractivity contribution in [1.82, 2.24) is 0 Å². The minimum Gasteiger partial charge on any atom is -0.550 e. The summed E-state index contributed by atoms with van der Waals surface area (Å²) in [6.45, 7) is 17.5. The Hall–Kier alpha value is -5.13. The number of aryl methyl sites for hydroxylation is 8. The number of rotatable bonds is 0. The molecule has 6 aromatic rings. The van der Waals surface area contributed by atoms with Gasteiger partial charge in [-0.1, -0.05) is 48.5 Å². The minimum absolute atomic E-state index is 0. The maximum absolute atomic E-state index is 13.9. The van der Waals surface area contributed by atoms with E-state index in [-0.39, 0.29) is 101 Å². The van der Waals surface area contributed by atoms with Gasteiger partial charge >= 0.3 is 29.6 Å². The summed E-state index contributed by atoms with van der Waals surface area (Å²) >= 11 is 0. The van der Waals surface area contributed by atoms with E-state index in [1.165, 1.54) is 0 Å². The number of aliphatic carboxylic acids is 1. The van der Waals surface area contributed by atoms with Gasteiger partial charge in [-0.3, -0.25) is 19.2 Å². The molecule has 3 fully saturated rings. The molecule has 2 aliphatic carbocycles. The Morgan fingerprint density at radius 1 is 0.431 bits per heavy atom. The van der Waals surface area contributed by atoms with Crippen LogP contribution in [0.4, 0.5) is 0 Å². The topological polar surface area (TPSA) is 147 Å². The first-order valence-corrected chi connectivity index (χ1v) is 21.9. The summed E-state index contributed by atoms with van der Waals surface area (Å²) in [6, 6.07) is 24.3. The number of ketones is 4. The van der Waals surface area contributed by atoms with Crippen LogP contribution in [-0.2, 0) is 23.9 Å². The maximum Gasteiger partial charge on any atom is 1.00 e. The molecule has 1 N–H and O–H groups in total. The SMILES string of the molecule is CC(=O)[O-].CO.Cc1ccc(C)c2c1C1OC2C2C(=O)C3C4OC(c5c(C)ccc(C)c54)C3C(=O)C12.Cc1ccc(C)c2cc3c(cc12)C(=O)c1cc2c(C)ccc(C)c2cc1C3=O.[Na+]. The number of carboxylic acid groups (broad SMARTS) is 1. The van der Waals surface area contributed by atoms with Gasteiger partial charge in [0.2, 0.25) is 0 Å². The molecular formula is C55H51NaO9. The standard InChI is InChI=1S/C26H24O4.C26H20O2.C2H4O2.CH4O.Na/c1-9-5-6-10(2)14-13(9)23-17-18(24(14)29-23)22(28)20-19(21(17)27)25-15-11(3)7-8-12(4)16(15)26(20)30-25;1-13-5-6-14(2)18-10-22-21(9-17(13)18)25(27)23-11-19-15(3)7-8-16(4)20(19)12-24(23)26(22)28;1-2(3)4;1-2;/h5-8,17-20,23-26H,1-4H3;5-12H,1-4H3;1H3,(H,3,4);2H,1H3;/q;;;;+1/p-1. The van der Waals surface area contributed by atoms with Crippen LogP contribution in [0.5, 0.6) is 0 Å². The van der Waals surface area contributed by atoms with Gasteiger partial charge in [-0.15, -0.1) is 0 Å². The third-order valence-corrected chi connectivity index (χ3v) is 14.7. The molecule has 6 aliphatic rings. The second kappa shape index (κ2) is 16.9. The molecule has 8 unspecified atom stereocenters. The van der Waals surface area contributed by atoms with Gasteiger partial charge in [0, 0.05) is 35.3 Å². The van der Waals surface area contributed by atoms with Crippen molar-refractivity contribution >= 4 is 50.6 Å². The van der Waals surface area contributed by atoms with Crippen molar-refractivity contribution in [2.45, 2.75) is 86.7 Å². The van der Waals surface area contributed by atoms with Gasteiger partial charge in [0.1, 0.15) is 11.6 Å². The number of aliphatic hydroxyl groups excluding tert-OH is 1. The number of carbonyl (C=O) groups is 5. The smallest absolute Gasteiger partial charge is 0.550 e. The van der Waals surface area contributed by atoms with Crippen molar-refractivity contribution in [2.24, 2.45) is 23.7 Å². The number of benzene rings is 6.